The third-order valence-corrected chi connectivity index (χ3v) is 3.89. The quantitative estimate of drug-likeness (QED) is 0.532. The van der Waals surface area contributed by atoms with E-state index < -0.39 is 11.9 Å². The van der Waals surface area contributed by atoms with Crippen LogP contribution >= 0.6 is 0 Å². The number of amides is 1. The maximum absolute atomic E-state index is 13.3. The molecule has 140 valence electrons. The first kappa shape index (κ1) is 18.5. The minimum Gasteiger partial charge on any atom is -0.710 e. The second kappa shape index (κ2) is 7.55. The SMILES string of the molecule is CC(=O)Nc1cc(-c2c(-c3ccc(F)cc3)[n+]([O-])cn2CC(C)O)ccn1. The summed E-state index contributed by atoms with van der Waals surface area (Å²) in [5.74, 6) is -0.332. The van der Waals surface area contributed by atoms with Crippen LogP contribution in [-0.4, -0.2) is 26.7 Å². The predicted octanol–water partition coefficient (Wildman–Crippen LogP) is 2.33. The van der Waals surface area contributed by atoms with E-state index in [0.29, 0.717) is 33.1 Å². The number of aromatic nitrogens is 3. The van der Waals surface area contributed by atoms with Crippen LogP contribution in [0.5, 0.6) is 0 Å². The molecule has 8 heteroatoms. The van der Waals surface area contributed by atoms with Crippen molar-refractivity contribution in [2.24, 2.45) is 0 Å². The Labute approximate surface area is 155 Å². The lowest BCUT2D eigenvalue weighted by atomic mass is 10.0. The van der Waals surface area contributed by atoms with Crippen molar-refractivity contribution in [2.45, 2.75) is 26.5 Å². The highest BCUT2D eigenvalue weighted by atomic mass is 19.1. The highest BCUT2D eigenvalue weighted by Crippen LogP contribution is 2.31. The number of halogens is 1. The molecule has 27 heavy (non-hydrogen) atoms. The Morgan fingerprint density at radius 1 is 1.33 bits per heavy atom. The zero-order valence-electron chi connectivity index (χ0n) is 14.9. The topological polar surface area (TPSA) is 94.1 Å². The average Bonchev–Trinajstić information content (AvgIpc) is 2.90. The van der Waals surface area contributed by atoms with Crippen LogP contribution in [0.3, 0.4) is 0 Å². The van der Waals surface area contributed by atoms with Crippen molar-refractivity contribution < 1.29 is 19.0 Å². The normalized spacial score (nSPS) is 12.0. The molecule has 0 aliphatic carbocycles. The summed E-state index contributed by atoms with van der Waals surface area (Å²) in [6.45, 7) is 3.18. The molecule has 0 radical (unpaired) electrons. The minimum absolute atomic E-state index is 0.191. The van der Waals surface area contributed by atoms with E-state index in [9.17, 15) is 19.5 Å². The van der Waals surface area contributed by atoms with Crippen molar-refractivity contribution in [1.82, 2.24) is 9.55 Å². The number of carbonyl (C=O) groups excluding carboxylic acids is 1. The van der Waals surface area contributed by atoms with Gasteiger partial charge in [-0.2, -0.15) is 0 Å². The van der Waals surface area contributed by atoms with E-state index >= 15 is 0 Å². The molecule has 1 amide bonds. The zero-order valence-corrected chi connectivity index (χ0v) is 14.9. The number of nitrogens with one attached hydrogen (secondary N) is 1. The fourth-order valence-corrected chi connectivity index (χ4v) is 2.91. The van der Waals surface area contributed by atoms with Crippen LogP contribution in [-0.2, 0) is 11.3 Å². The van der Waals surface area contributed by atoms with Gasteiger partial charge in [-0.05, 0) is 43.3 Å². The highest BCUT2D eigenvalue weighted by Gasteiger charge is 2.25. The predicted molar refractivity (Wildman–Crippen MR) is 98.0 cm³/mol. The first-order chi connectivity index (χ1) is 12.8. The van der Waals surface area contributed by atoms with Gasteiger partial charge in [0.25, 0.3) is 0 Å². The average molecular weight is 370 g/mol. The molecule has 3 aromatic rings. The number of aliphatic hydroxyl groups is 1. The number of hydrogen-bond acceptors (Lipinski definition) is 4. The van der Waals surface area contributed by atoms with Gasteiger partial charge >= 0.3 is 0 Å². The molecule has 0 aliphatic heterocycles. The summed E-state index contributed by atoms with van der Waals surface area (Å²) >= 11 is 0. The van der Waals surface area contributed by atoms with Crippen LogP contribution in [0.25, 0.3) is 22.5 Å². The lowest BCUT2D eigenvalue weighted by Crippen LogP contribution is -2.26. The standard InChI is InChI=1S/C19H19FN4O3/c1-12(25)10-23-11-24(27)19(14-3-5-16(20)6-4-14)18(23)15-7-8-21-17(9-15)22-13(2)26/h3-9,11-12,25H,10H2,1-2H3,(H,21,22,26). The van der Waals surface area contributed by atoms with Crippen LogP contribution < -0.4 is 10.0 Å². The number of anilines is 1. The fraction of sp³-hybridized carbons (Fsp3) is 0.211. The second-order valence-corrected chi connectivity index (χ2v) is 6.26. The van der Waals surface area contributed by atoms with Crippen molar-refractivity contribution in [3.8, 4) is 22.5 Å². The van der Waals surface area contributed by atoms with Crippen molar-refractivity contribution >= 4 is 11.7 Å². The second-order valence-electron chi connectivity index (χ2n) is 6.26. The lowest BCUT2D eigenvalue weighted by molar-refractivity contribution is -0.593. The van der Waals surface area contributed by atoms with E-state index in [-0.39, 0.29) is 12.5 Å². The smallest absolute Gasteiger partial charge is 0.247 e. The third kappa shape index (κ3) is 4.12. The molecule has 1 atom stereocenters. The molecular formula is C19H19FN4O3. The largest absolute Gasteiger partial charge is 0.710 e. The molecule has 0 bridgehead atoms. The molecule has 0 spiro atoms. The van der Waals surface area contributed by atoms with E-state index in [1.807, 2.05) is 0 Å². The van der Waals surface area contributed by atoms with E-state index in [1.54, 1.807) is 23.6 Å². The Morgan fingerprint density at radius 2 is 2.04 bits per heavy atom. The molecule has 3 rings (SSSR count). The van der Waals surface area contributed by atoms with Gasteiger partial charge in [0.1, 0.15) is 18.2 Å². The van der Waals surface area contributed by atoms with Crippen LogP contribution in [0, 0.1) is 11.0 Å². The van der Waals surface area contributed by atoms with Gasteiger partial charge in [-0.25, -0.2) is 18.7 Å². The number of benzene rings is 1. The summed E-state index contributed by atoms with van der Waals surface area (Å²) in [6.07, 6.45) is 2.16. The number of imidazole rings is 1. The summed E-state index contributed by atoms with van der Waals surface area (Å²) in [6, 6.07) is 8.94. The molecule has 0 aliphatic rings. The number of pyridine rings is 1. The maximum atomic E-state index is 13.3. The molecule has 2 heterocycles. The van der Waals surface area contributed by atoms with Gasteiger partial charge in [-0.15, -0.1) is 0 Å². The van der Waals surface area contributed by atoms with Gasteiger partial charge in [0.05, 0.1) is 6.10 Å². The van der Waals surface area contributed by atoms with Crippen molar-refractivity contribution in [1.29, 1.82) is 0 Å². The molecule has 1 aromatic carbocycles. The number of hydrogen-bond donors (Lipinski definition) is 2. The first-order valence-corrected chi connectivity index (χ1v) is 8.35. The molecule has 0 saturated carbocycles. The minimum atomic E-state index is -0.686. The fourth-order valence-electron chi connectivity index (χ4n) is 2.91. The van der Waals surface area contributed by atoms with Gasteiger partial charge in [0.2, 0.25) is 12.2 Å². The van der Waals surface area contributed by atoms with E-state index in [4.69, 9.17) is 0 Å². The van der Waals surface area contributed by atoms with Crippen LogP contribution in [0.4, 0.5) is 10.2 Å². The van der Waals surface area contributed by atoms with E-state index in [0.717, 1.165) is 0 Å². The summed E-state index contributed by atoms with van der Waals surface area (Å²) < 4.78 is 15.6. The molecule has 2 N–H and O–H groups in total. The first-order valence-electron chi connectivity index (χ1n) is 8.35. The third-order valence-electron chi connectivity index (χ3n) is 3.89. The Morgan fingerprint density at radius 3 is 2.67 bits per heavy atom. The Bertz CT molecular complexity index is 968. The number of carbonyl (C=O) groups is 1. The Hall–Kier alpha value is -3.26. The van der Waals surface area contributed by atoms with Crippen LogP contribution in [0.1, 0.15) is 13.8 Å². The van der Waals surface area contributed by atoms with E-state index in [2.05, 4.69) is 10.3 Å². The Kier molecular flexibility index (Phi) is 5.18. The molecule has 2 aromatic heterocycles. The molecular weight excluding hydrogens is 351 g/mol. The van der Waals surface area contributed by atoms with Gasteiger partial charge in [0, 0.05) is 24.2 Å². The monoisotopic (exact) mass is 370 g/mol. The maximum Gasteiger partial charge on any atom is 0.247 e. The summed E-state index contributed by atoms with van der Waals surface area (Å²) in [4.78, 5) is 15.4. The number of aliphatic hydroxyl groups excluding tert-OH is 1. The van der Waals surface area contributed by atoms with Crippen molar-refractivity contribution in [3.05, 3.63) is 59.9 Å². The van der Waals surface area contributed by atoms with Gasteiger partial charge in [0.15, 0.2) is 11.4 Å². The van der Waals surface area contributed by atoms with Gasteiger partial charge in [-0.3, -0.25) is 4.79 Å². The molecule has 0 fully saturated rings. The summed E-state index contributed by atoms with van der Waals surface area (Å²) in [5.41, 5.74) is 2.01. The molecule has 7 nitrogen and oxygen atoms in total. The highest BCUT2D eigenvalue weighted by molar-refractivity contribution is 5.88. The van der Waals surface area contributed by atoms with Crippen molar-refractivity contribution in [2.75, 3.05) is 5.32 Å². The van der Waals surface area contributed by atoms with Gasteiger partial charge < -0.3 is 15.6 Å². The number of nitrogens with zero attached hydrogens (tertiary/aromatic N) is 3. The summed E-state index contributed by atoms with van der Waals surface area (Å²) in [7, 11) is 0. The molecule has 1 unspecified atom stereocenters. The Balaban J connectivity index is 2.19. The van der Waals surface area contributed by atoms with Crippen LogP contribution in [0.15, 0.2) is 48.9 Å². The number of rotatable bonds is 5. The molecule has 0 saturated heterocycles. The van der Waals surface area contributed by atoms with Crippen LogP contribution in [0.2, 0.25) is 0 Å². The zero-order chi connectivity index (χ0) is 19.6. The van der Waals surface area contributed by atoms with Crippen molar-refractivity contribution in [3.63, 3.8) is 0 Å². The van der Waals surface area contributed by atoms with E-state index in [1.165, 1.54) is 43.7 Å². The summed E-state index contributed by atoms with van der Waals surface area (Å²) in [5, 5.41) is 25.0. The van der Waals surface area contributed by atoms with Gasteiger partial charge in [-0.1, -0.05) is 0 Å². The lowest BCUT2D eigenvalue weighted by Gasteiger charge is -2.09.